The number of aromatic nitrogens is 2. The summed E-state index contributed by atoms with van der Waals surface area (Å²) in [4.78, 5) is 11.7. The molecule has 0 radical (unpaired) electrons. The lowest BCUT2D eigenvalue weighted by molar-refractivity contribution is -0.115. The molecule has 0 bridgehead atoms. The second-order valence-corrected chi connectivity index (χ2v) is 5.02. The largest absolute Gasteiger partial charge is 0.323 e. The Morgan fingerprint density at radius 2 is 2.00 bits per heavy atom. The molecular weight excluding hydrogens is 274 g/mol. The summed E-state index contributed by atoms with van der Waals surface area (Å²) in [6.45, 7) is 3.92. The SMILES string of the molecule is CCCc1[nH]nc(-c2ccc(Cl)cc2)c1NC(=O)CC. The lowest BCUT2D eigenvalue weighted by Crippen LogP contribution is -2.11. The fraction of sp³-hybridized carbons (Fsp3) is 0.333. The van der Waals surface area contributed by atoms with Gasteiger partial charge in [-0.25, -0.2) is 0 Å². The van der Waals surface area contributed by atoms with E-state index >= 15 is 0 Å². The Hall–Kier alpha value is -1.81. The summed E-state index contributed by atoms with van der Waals surface area (Å²) in [6, 6.07) is 7.43. The smallest absolute Gasteiger partial charge is 0.224 e. The van der Waals surface area contributed by atoms with Gasteiger partial charge < -0.3 is 5.32 Å². The van der Waals surface area contributed by atoms with E-state index in [1.54, 1.807) is 0 Å². The summed E-state index contributed by atoms with van der Waals surface area (Å²) in [6.07, 6.45) is 2.27. The molecule has 1 amide bonds. The summed E-state index contributed by atoms with van der Waals surface area (Å²) in [7, 11) is 0. The van der Waals surface area contributed by atoms with Crippen molar-refractivity contribution in [2.45, 2.75) is 33.1 Å². The maximum Gasteiger partial charge on any atom is 0.224 e. The summed E-state index contributed by atoms with van der Waals surface area (Å²) in [5.41, 5.74) is 3.42. The molecule has 0 saturated carbocycles. The van der Waals surface area contributed by atoms with Crippen molar-refractivity contribution in [3.05, 3.63) is 35.0 Å². The van der Waals surface area contributed by atoms with Gasteiger partial charge in [0.1, 0.15) is 5.69 Å². The highest BCUT2D eigenvalue weighted by Gasteiger charge is 2.16. The predicted octanol–water partition coefficient (Wildman–Crippen LogP) is 4.03. The van der Waals surface area contributed by atoms with E-state index < -0.39 is 0 Å². The minimum atomic E-state index is -0.0148. The van der Waals surface area contributed by atoms with Crippen LogP contribution in [-0.2, 0) is 11.2 Å². The number of benzene rings is 1. The van der Waals surface area contributed by atoms with Crippen molar-refractivity contribution < 1.29 is 4.79 Å². The minimum Gasteiger partial charge on any atom is -0.323 e. The highest BCUT2D eigenvalue weighted by atomic mass is 35.5. The van der Waals surface area contributed by atoms with Gasteiger partial charge in [0.15, 0.2) is 0 Å². The molecule has 0 atom stereocenters. The van der Waals surface area contributed by atoms with E-state index in [2.05, 4.69) is 22.4 Å². The molecule has 5 heteroatoms. The number of carbonyl (C=O) groups excluding carboxylic acids is 1. The van der Waals surface area contributed by atoms with Crippen molar-refractivity contribution in [2.24, 2.45) is 0 Å². The van der Waals surface area contributed by atoms with Crippen LogP contribution in [0.5, 0.6) is 0 Å². The van der Waals surface area contributed by atoms with Crippen molar-refractivity contribution >= 4 is 23.2 Å². The Balaban J connectivity index is 2.41. The van der Waals surface area contributed by atoms with E-state index in [0.717, 1.165) is 35.5 Å². The Morgan fingerprint density at radius 1 is 1.30 bits per heavy atom. The van der Waals surface area contributed by atoms with Gasteiger partial charge in [0.2, 0.25) is 5.91 Å². The molecule has 0 spiro atoms. The van der Waals surface area contributed by atoms with Gasteiger partial charge in [-0.2, -0.15) is 5.10 Å². The maximum absolute atomic E-state index is 11.7. The van der Waals surface area contributed by atoms with Crippen LogP contribution >= 0.6 is 11.6 Å². The number of rotatable bonds is 5. The number of nitrogens with one attached hydrogen (secondary N) is 2. The second-order valence-electron chi connectivity index (χ2n) is 4.58. The third kappa shape index (κ3) is 3.20. The average Bonchev–Trinajstić information content (AvgIpc) is 2.83. The normalized spacial score (nSPS) is 10.6. The Morgan fingerprint density at radius 3 is 2.60 bits per heavy atom. The monoisotopic (exact) mass is 291 g/mol. The van der Waals surface area contributed by atoms with Crippen LogP contribution < -0.4 is 5.32 Å². The third-order valence-electron chi connectivity index (χ3n) is 3.04. The average molecular weight is 292 g/mol. The van der Waals surface area contributed by atoms with Gasteiger partial charge in [0.25, 0.3) is 0 Å². The number of anilines is 1. The molecule has 0 aliphatic rings. The van der Waals surface area contributed by atoms with Gasteiger partial charge in [-0.05, 0) is 18.6 Å². The molecule has 0 fully saturated rings. The summed E-state index contributed by atoms with van der Waals surface area (Å²) >= 11 is 5.90. The molecule has 1 aromatic carbocycles. The first-order valence-corrected chi connectivity index (χ1v) is 7.16. The molecule has 0 saturated heterocycles. The standard InChI is InChI=1S/C15H18ClN3O/c1-3-5-12-15(17-13(20)4-2)14(19-18-12)10-6-8-11(16)9-7-10/h6-9H,3-5H2,1-2H3,(H,17,20)(H,18,19). The van der Waals surface area contributed by atoms with E-state index in [1.807, 2.05) is 31.2 Å². The molecule has 2 aromatic rings. The van der Waals surface area contributed by atoms with Crippen LogP contribution in [0.3, 0.4) is 0 Å². The predicted molar refractivity (Wildman–Crippen MR) is 81.9 cm³/mol. The first-order chi connectivity index (χ1) is 9.65. The topological polar surface area (TPSA) is 57.8 Å². The summed E-state index contributed by atoms with van der Waals surface area (Å²) < 4.78 is 0. The van der Waals surface area contributed by atoms with Crippen LogP contribution in [0.15, 0.2) is 24.3 Å². The van der Waals surface area contributed by atoms with Gasteiger partial charge in [-0.15, -0.1) is 0 Å². The zero-order chi connectivity index (χ0) is 14.5. The molecule has 1 aromatic heterocycles. The zero-order valence-electron chi connectivity index (χ0n) is 11.7. The van der Waals surface area contributed by atoms with Gasteiger partial charge in [-0.3, -0.25) is 9.89 Å². The van der Waals surface area contributed by atoms with Crippen LogP contribution in [-0.4, -0.2) is 16.1 Å². The first kappa shape index (κ1) is 14.6. The van der Waals surface area contributed by atoms with E-state index in [9.17, 15) is 4.79 Å². The fourth-order valence-corrected chi connectivity index (χ4v) is 2.11. The molecule has 2 rings (SSSR count). The lowest BCUT2D eigenvalue weighted by atomic mass is 10.1. The highest BCUT2D eigenvalue weighted by Crippen LogP contribution is 2.30. The third-order valence-corrected chi connectivity index (χ3v) is 3.30. The van der Waals surface area contributed by atoms with Crippen LogP contribution in [0.2, 0.25) is 5.02 Å². The maximum atomic E-state index is 11.7. The van der Waals surface area contributed by atoms with E-state index in [4.69, 9.17) is 11.6 Å². The van der Waals surface area contributed by atoms with Crippen LogP contribution in [0.1, 0.15) is 32.4 Å². The van der Waals surface area contributed by atoms with E-state index in [0.29, 0.717) is 11.4 Å². The molecule has 0 aliphatic carbocycles. The number of aryl methyl sites for hydroxylation is 1. The number of aromatic amines is 1. The van der Waals surface area contributed by atoms with Crippen molar-refractivity contribution in [2.75, 3.05) is 5.32 Å². The Kier molecular flexibility index (Phi) is 4.79. The molecular formula is C15H18ClN3O. The number of hydrogen-bond donors (Lipinski definition) is 2. The number of hydrogen-bond acceptors (Lipinski definition) is 2. The lowest BCUT2D eigenvalue weighted by Gasteiger charge is -2.07. The fourth-order valence-electron chi connectivity index (χ4n) is 1.99. The molecule has 20 heavy (non-hydrogen) atoms. The second kappa shape index (κ2) is 6.57. The minimum absolute atomic E-state index is 0.0148. The summed E-state index contributed by atoms with van der Waals surface area (Å²) in [5.74, 6) is -0.0148. The van der Waals surface area contributed by atoms with Gasteiger partial charge in [0.05, 0.1) is 11.4 Å². The van der Waals surface area contributed by atoms with Crippen LogP contribution in [0.25, 0.3) is 11.3 Å². The number of nitrogens with zero attached hydrogens (tertiary/aromatic N) is 1. The molecule has 2 N–H and O–H groups in total. The van der Waals surface area contributed by atoms with E-state index in [1.165, 1.54) is 0 Å². The van der Waals surface area contributed by atoms with Crippen molar-refractivity contribution in [1.82, 2.24) is 10.2 Å². The molecule has 4 nitrogen and oxygen atoms in total. The number of halogens is 1. The van der Waals surface area contributed by atoms with Crippen LogP contribution in [0.4, 0.5) is 5.69 Å². The molecule has 1 heterocycles. The number of carbonyl (C=O) groups is 1. The Labute approximate surface area is 123 Å². The van der Waals surface area contributed by atoms with E-state index in [-0.39, 0.29) is 5.91 Å². The highest BCUT2D eigenvalue weighted by molar-refractivity contribution is 6.30. The van der Waals surface area contributed by atoms with Crippen LogP contribution in [0, 0.1) is 0 Å². The van der Waals surface area contributed by atoms with Gasteiger partial charge in [-0.1, -0.05) is 44.0 Å². The Bertz CT molecular complexity index is 590. The number of amides is 1. The molecule has 0 unspecified atom stereocenters. The van der Waals surface area contributed by atoms with Crippen molar-refractivity contribution in [1.29, 1.82) is 0 Å². The van der Waals surface area contributed by atoms with Crippen molar-refractivity contribution in [3.63, 3.8) is 0 Å². The number of H-pyrrole nitrogens is 1. The molecule has 0 aliphatic heterocycles. The van der Waals surface area contributed by atoms with Gasteiger partial charge in [0, 0.05) is 17.0 Å². The molecule has 106 valence electrons. The van der Waals surface area contributed by atoms with Gasteiger partial charge >= 0.3 is 0 Å². The summed E-state index contributed by atoms with van der Waals surface area (Å²) in [5, 5.41) is 11.0. The quantitative estimate of drug-likeness (QED) is 0.874. The first-order valence-electron chi connectivity index (χ1n) is 6.78. The van der Waals surface area contributed by atoms with Crippen molar-refractivity contribution in [3.8, 4) is 11.3 Å². The zero-order valence-corrected chi connectivity index (χ0v) is 12.4.